The zero-order valence-corrected chi connectivity index (χ0v) is 12.9. The van der Waals surface area contributed by atoms with Gasteiger partial charge in [0.1, 0.15) is 0 Å². The Morgan fingerprint density at radius 3 is 2.11 bits per heavy atom. The van der Waals surface area contributed by atoms with Crippen LogP contribution in [0.4, 0.5) is 0 Å². The minimum absolute atomic E-state index is 0.156. The first-order valence-electron chi connectivity index (χ1n) is 7.61. The first-order chi connectivity index (χ1) is 9.16. The van der Waals surface area contributed by atoms with E-state index >= 15 is 0 Å². The summed E-state index contributed by atoms with van der Waals surface area (Å²) >= 11 is 5.23. The van der Waals surface area contributed by atoms with E-state index < -0.39 is 0 Å². The highest BCUT2D eigenvalue weighted by molar-refractivity contribution is 6.63. The van der Waals surface area contributed by atoms with Crippen LogP contribution in [-0.4, -0.2) is 17.7 Å². The molecule has 0 aliphatic rings. The fraction of sp³-hybridized carbons (Fsp3) is 0.867. The lowest BCUT2D eigenvalue weighted by atomic mass is 10.1. The molecular weight excluding hydrogens is 262 g/mol. The molecule has 0 unspecified atom stereocenters. The minimum atomic E-state index is -0.271. The number of carbonyl (C=O) groups is 2. The lowest BCUT2D eigenvalue weighted by Gasteiger charge is -2.05. The van der Waals surface area contributed by atoms with Crippen molar-refractivity contribution in [2.45, 2.75) is 77.6 Å². The zero-order chi connectivity index (χ0) is 14.3. The van der Waals surface area contributed by atoms with Gasteiger partial charge in [-0.1, -0.05) is 45.4 Å². The smallest absolute Gasteiger partial charge is 0.221 e. The number of nitrogens with one attached hydrogen (secondary N) is 1. The van der Waals surface area contributed by atoms with Crippen molar-refractivity contribution >= 4 is 22.8 Å². The Labute approximate surface area is 122 Å². The summed E-state index contributed by atoms with van der Waals surface area (Å²) < 4.78 is 0. The number of carbonyl (C=O) groups excluding carboxylic acids is 2. The number of rotatable bonds is 13. The van der Waals surface area contributed by atoms with Crippen LogP contribution < -0.4 is 5.32 Å². The number of amides is 1. The van der Waals surface area contributed by atoms with Gasteiger partial charge in [0.15, 0.2) is 0 Å². The lowest BCUT2D eigenvalue weighted by Crippen LogP contribution is -2.23. The van der Waals surface area contributed by atoms with E-state index in [1.807, 2.05) is 0 Å². The Bertz CT molecular complexity index is 244. The monoisotopic (exact) mass is 289 g/mol. The molecule has 0 aliphatic heterocycles. The topological polar surface area (TPSA) is 46.2 Å². The van der Waals surface area contributed by atoms with Crippen molar-refractivity contribution in [3.05, 3.63) is 0 Å². The van der Waals surface area contributed by atoms with E-state index in [4.69, 9.17) is 11.6 Å². The molecule has 0 rings (SSSR count). The van der Waals surface area contributed by atoms with Crippen LogP contribution in [0.2, 0.25) is 0 Å². The molecule has 0 aromatic carbocycles. The third-order valence-corrected chi connectivity index (χ3v) is 3.32. The standard InChI is InChI=1S/C15H28ClNO2/c1-2-3-4-5-6-9-12-15(19)17-13-10-7-8-11-14(16)18/h2-13H2,1H3,(H,17,19). The Morgan fingerprint density at radius 1 is 0.842 bits per heavy atom. The molecule has 0 radical (unpaired) electrons. The third-order valence-electron chi connectivity index (χ3n) is 3.13. The van der Waals surface area contributed by atoms with Crippen molar-refractivity contribution in [1.29, 1.82) is 0 Å². The average molecular weight is 290 g/mol. The van der Waals surface area contributed by atoms with Crippen LogP contribution in [-0.2, 0) is 9.59 Å². The predicted octanol–water partition coefficient (Wildman–Crippen LogP) is 4.18. The molecule has 0 atom stereocenters. The van der Waals surface area contributed by atoms with Gasteiger partial charge in [-0.3, -0.25) is 9.59 Å². The van der Waals surface area contributed by atoms with Crippen molar-refractivity contribution in [2.24, 2.45) is 0 Å². The van der Waals surface area contributed by atoms with Crippen LogP contribution in [0.1, 0.15) is 77.6 Å². The molecule has 0 aromatic heterocycles. The molecule has 0 bridgehead atoms. The van der Waals surface area contributed by atoms with Crippen LogP contribution >= 0.6 is 11.6 Å². The zero-order valence-electron chi connectivity index (χ0n) is 12.2. The van der Waals surface area contributed by atoms with Crippen molar-refractivity contribution in [2.75, 3.05) is 6.54 Å². The summed E-state index contributed by atoms with van der Waals surface area (Å²) in [4.78, 5) is 22.0. The second-order valence-electron chi connectivity index (χ2n) is 5.03. The molecule has 19 heavy (non-hydrogen) atoms. The van der Waals surface area contributed by atoms with Gasteiger partial charge in [0, 0.05) is 19.4 Å². The molecular formula is C15H28ClNO2. The molecule has 3 nitrogen and oxygen atoms in total. The average Bonchev–Trinajstić information content (AvgIpc) is 2.37. The number of halogens is 1. The molecule has 0 heterocycles. The molecule has 4 heteroatoms. The highest BCUT2D eigenvalue weighted by Crippen LogP contribution is 2.07. The summed E-state index contributed by atoms with van der Waals surface area (Å²) in [7, 11) is 0. The summed E-state index contributed by atoms with van der Waals surface area (Å²) in [6.07, 6.45) is 11.0. The van der Waals surface area contributed by atoms with Gasteiger partial charge < -0.3 is 5.32 Å². The maximum Gasteiger partial charge on any atom is 0.221 e. The van der Waals surface area contributed by atoms with E-state index in [2.05, 4.69) is 12.2 Å². The van der Waals surface area contributed by atoms with E-state index in [0.717, 1.165) is 32.1 Å². The molecule has 1 amide bonds. The fourth-order valence-corrected chi connectivity index (χ4v) is 2.08. The normalized spacial score (nSPS) is 10.4. The molecule has 1 N–H and O–H groups in total. The molecule has 0 saturated heterocycles. The Kier molecular flexibility index (Phi) is 13.4. The second-order valence-corrected chi connectivity index (χ2v) is 5.46. The van der Waals surface area contributed by atoms with Gasteiger partial charge in [0.05, 0.1) is 0 Å². The van der Waals surface area contributed by atoms with Crippen LogP contribution in [0.5, 0.6) is 0 Å². The van der Waals surface area contributed by atoms with Crippen molar-refractivity contribution in [3.63, 3.8) is 0 Å². The van der Waals surface area contributed by atoms with E-state index in [-0.39, 0.29) is 11.1 Å². The molecule has 0 fully saturated rings. The van der Waals surface area contributed by atoms with Crippen molar-refractivity contribution in [3.8, 4) is 0 Å². The molecule has 112 valence electrons. The highest BCUT2D eigenvalue weighted by Gasteiger charge is 2.01. The lowest BCUT2D eigenvalue weighted by molar-refractivity contribution is -0.121. The van der Waals surface area contributed by atoms with Gasteiger partial charge >= 0.3 is 0 Å². The van der Waals surface area contributed by atoms with Crippen LogP contribution in [0.25, 0.3) is 0 Å². The molecule has 0 saturated carbocycles. The highest BCUT2D eigenvalue weighted by atomic mass is 35.5. The van der Waals surface area contributed by atoms with Crippen molar-refractivity contribution < 1.29 is 9.59 Å². The minimum Gasteiger partial charge on any atom is -0.356 e. The summed E-state index contributed by atoms with van der Waals surface area (Å²) in [6, 6.07) is 0. The number of unbranched alkanes of at least 4 members (excludes halogenated alkanes) is 7. The predicted molar refractivity (Wildman–Crippen MR) is 80.3 cm³/mol. The first kappa shape index (κ1) is 18.4. The van der Waals surface area contributed by atoms with Gasteiger partial charge in [-0.2, -0.15) is 0 Å². The van der Waals surface area contributed by atoms with E-state index in [1.165, 1.54) is 25.7 Å². The Hall–Kier alpha value is -0.570. The summed E-state index contributed by atoms with van der Waals surface area (Å²) in [6.45, 7) is 2.92. The molecule has 0 aromatic rings. The van der Waals surface area contributed by atoms with E-state index in [9.17, 15) is 9.59 Å². The van der Waals surface area contributed by atoms with Gasteiger partial charge in [-0.15, -0.1) is 0 Å². The van der Waals surface area contributed by atoms with Gasteiger partial charge in [0.2, 0.25) is 11.1 Å². The molecule has 0 spiro atoms. The molecule has 0 aliphatic carbocycles. The van der Waals surface area contributed by atoms with Gasteiger partial charge in [-0.25, -0.2) is 0 Å². The Balaban J connectivity index is 3.19. The largest absolute Gasteiger partial charge is 0.356 e. The SMILES string of the molecule is CCCCCCCCC(=O)NCCCCCC(=O)Cl. The quantitative estimate of drug-likeness (QED) is 0.408. The Morgan fingerprint density at radius 2 is 1.42 bits per heavy atom. The third kappa shape index (κ3) is 15.4. The maximum atomic E-state index is 11.5. The fourth-order valence-electron chi connectivity index (χ4n) is 1.95. The summed E-state index contributed by atoms with van der Waals surface area (Å²) in [5, 5.41) is 2.64. The number of hydrogen-bond donors (Lipinski definition) is 1. The summed E-state index contributed by atoms with van der Waals surface area (Å²) in [5.74, 6) is 0.156. The van der Waals surface area contributed by atoms with Crippen molar-refractivity contribution in [1.82, 2.24) is 5.32 Å². The van der Waals surface area contributed by atoms with Gasteiger partial charge in [-0.05, 0) is 30.9 Å². The number of hydrogen-bond acceptors (Lipinski definition) is 2. The van der Waals surface area contributed by atoms with Crippen LogP contribution in [0, 0.1) is 0 Å². The van der Waals surface area contributed by atoms with Crippen LogP contribution in [0.3, 0.4) is 0 Å². The first-order valence-corrected chi connectivity index (χ1v) is 7.99. The van der Waals surface area contributed by atoms with Gasteiger partial charge in [0.25, 0.3) is 0 Å². The maximum absolute atomic E-state index is 11.5. The summed E-state index contributed by atoms with van der Waals surface area (Å²) in [5.41, 5.74) is 0. The second kappa shape index (κ2) is 13.9. The van der Waals surface area contributed by atoms with Crippen LogP contribution in [0.15, 0.2) is 0 Å². The van der Waals surface area contributed by atoms with E-state index in [1.54, 1.807) is 0 Å². The van der Waals surface area contributed by atoms with E-state index in [0.29, 0.717) is 19.4 Å².